The number of aryl methyl sites for hydroxylation is 1. The molecule has 0 aliphatic rings. The van der Waals surface area contributed by atoms with Crippen LogP contribution in [0.5, 0.6) is 5.75 Å². The van der Waals surface area contributed by atoms with E-state index in [1.165, 1.54) is 11.1 Å². The van der Waals surface area contributed by atoms with Crippen molar-refractivity contribution in [3.8, 4) is 16.9 Å². The summed E-state index contributed by atoms with van der Waals surface area (Å²) >= 11 is 0. The van der Waals surface area contributed by atoms with E-state index < -0.39 is 0 Å². The highest BCUT2D eigenvalue weighted by Crippen LogP contribution is 2.22. The summed E-state index contributed by atoms with van der Waals surface area (Å²) in [6.45, 7) is 2.62. The molecule has 2 nitrogen and oxygen atoms in total. The third-order valence-electron chi connectivity index (χ3n) is 2.86. The first-order chi connectivity index (χ1) is 8.83. The van der Waals surface area contributed by atoms with E-state index in [-0.39, 0.29) is 0 Å². The summed E-state index contributed by atoms with van der Waals surface area (Å²) in [6.07, 6.45) is 2.28. The molecule has 92 valence electrons. The van der Waals surface area contributed by atoms with Crippen LogP contribution in [0.25, 0.3) is 11.1 Å². The maximum Gasteiger partial charge on any atom is 0.298 e. The molecule has 0 heterocycles. The van der Waals surface area contributed by atoms with Crippen LogP contribution in [-0.4, -0.2) is 6.47 Å². The van der Waals surface area contributed by atoms with Gasteiger partial charge < -0.3 is 4.74 Å². The van der Waals surface area contributed by atoms with Crippen molar-refractivity contribution >= 4 is 6.47 Å². The van der Waals surface area contributed by atoms with Crippen molar-refractivity contribution in [2.75, 3.05) is 0 Å². The number of carbonyl (C=O) groups is 1. The van der Waals surface area contributed by atoms with Crippen molar-refractivity contribution in [1.29, 1.82) is 0 Å². The molecule has 0 atom stereocenters. The van der Waals surface area contributed by atoms with Crippen LogP contribution in [0.15, 0.2) is 48.5 Å². The van der Waals surface area contributed by atoms with Gasteiger partial charge in [0.2, 0.25) is 0 Å². The molecule has 0 radical (unpaired) electrons. The van der Waals surface area contributed by atoms with Gasteiger partial charge in [0.15, 0.2) is 0 Å². The summed E-state index contributed by atoms with van der Waals surface area (Å²) in [5.74, 6) is 0.566. The van der Waals surface area contributed by atoms with Crippen LogP contribution in [0.4, 0.5) is 0 Å². The summed E-state index contributed by atoms with van der Waals surface area (Å²) in [5.41, 5.74) is 3.66. The van der Waals surface area contributed by atoms with Gasteiger partial charge in [-0.05, 0) is 35.2 Å². The van der Waals surface area contributed by atoms with Gasteiger partial charge in [-0.2, -0.15) is 0 Å². The van der Waals surface area contributed by atoms with E-state index in [4.69, 9.17) is 4.74 Å². The van der Waals surface area contributed by atoms with Gasteiger partial charge in [0.05, 0.1) is 0 Å². The Kier molecular flexibility index (Phi) is 4.13. The molecule has 2 aromatic rings. The zero-order chi connectivity index (χ0) is 12.8. The second-order valence-corrected chi connectivity index (χ2v) is 4.19. The number of hydrogen-bond acceptors (Lipinski definition) is 2. The fourth-order valence-corrected chi connectivity index (χ4v) is 1.93. The van der Waals surface area contributed by atoms with Crippen LogP contribution < -0.4 is 4.74 Å². The van der Waals surface area contributed by atoms with Gasteiger partial charge in [0, 0.05) is 0 Å². The molecule has 0 amide bonds. The molecule has 0 unspecified atom stereocenters. The van der Waals surface area contributed by atoms with Gasteiger partial charge in [-0.1, -0.05) is 49.7 Å². The van der Waals surface area contributed by atoms with E-state index in [9.17, 15) is 4.79 Å². The fraction of sp³-hybridized carbons (Fsp3) is 0.188. The largest absolute Gasteiger partial charge is 0.429 e. The van der Waals surface area contributed by atoms with E-state index >= 15 is 0 Å². The van der Waals surface area contributed by atoms with Gasteiger partial charge in [-0.25, -0.2) is 0 Å². The molecule has 0 saturated heterocycles. The Balaban J connectivity index is 2.17. The Morgan fingerprint density at radius 1 is 0.944 bits per heavy atom. The Bertz CT molecular complexity index is 498. The minimum atomic E-state index is 0.439. The second kappa shape index (κ2) is 6.01. The average molecular weight is 240 g/mol. The van der Waals surface area contributed by atoms with E-state index in [0.717, 1.165) is 18.4 Å². The van der Waals surface area contributed by atoms with E-state index in [1.54, 1.807) is 12.1 Å². The van der Waals surface area contributed by atoms with E-state index in [2.05, 4.69) is 31.2 Å². The SMILES string of the molecule is CCCc1ccc(-c2ccc(OC=O)cc2)cc1. The number of rotatable bonds is 5. The minimum Gasteiger partial charge on any atom is -0.429 e. The lowest BCUT2D eigenvalue weighted by Crippen LogP contribution is -1.88. The average Bonchev–Trinajstić information content (AvgIpc) is 2.41. The monoisotopic (exact) mass is 240 g/mol. The van der Waals surface area contributed by atoms with E-state index in [1.807, 2.05) is 12.1 Å². The van der Waals surface area contributed by atoms with Crippen molar-refractivity contribution < 1.29 is 9.53 Å². The summed E-state index contributed by atoms with van der Waals surface area (Å²) < 4.78 is 4.77. The zero-order valence-electron chi connectivity index (χ0n) is 10.4. The van der Waals surface area contributed by atoms with Gasteiger partial charge in [-0.15, -0.1) is 0 Å². The number of benzene rings is 2. The fourth-order valence-electron chi connectivity index (χ4n) is 1.93. The van der Waals surface area contributed by atoms with E-state index in [0.29, 0.717) is 12.2 Å². The normalized spacial score (nSPS) is 10.1. The first-order valence-corrected chi connectivity index (χ1v) is 6.13. The standard InChI is InChI=1S/C16H16O2/c1-2-3-13-4-6-14(7-5-13)15-8-10-16(11-9-15)18-12-17/h4-12H,2-3H2,1H3. The molecule has 0 N–H and O–H groups in total. The lowest BCUT2D eigenvalue weighted by molar-refractivity contribution is -0.120. The molecule has 2 rings (SSSR count). The van der Waals surface area contributed by atoms with Crippen LogP contribution in [0, 0.1) is 0 Å². The Labute approximate surface area is 107 Å². The van der Waals surface area contributed by atoms with Gasteiger partial charge in [0.25, 0.3) is 6.47 Å². The maximum absolute atomic E-state index is 10.2. The van der Waals surface area contributed by atoms with Crippen LogP contribution in [0.1, 0.15) is 18.9 Å². The maximum atomic E-state index is 10.2. The summed E-state index contributed by atoms with van der Waals surface area (Å²) in [7, 11) is 0. The van der Waals surface area contributed by atoms with Crippen LogP contribution in [-0.2, 0) is 11.2 Å². The van der Waals surface area contributed by atoms with Crippen molar-refractivity contribution in [3.05, 3.63) is 54.1 Å². The predicted molar refractivity (Wildman–Crippen MR) is 72.6 cm³/mol. The highest BCUT2D eigenvalue weighted by molar-refractivity contribution is 5.64. The highest BCUT2D eigenvalue weighted by Gasteiger charge is 1.99. The molecular weight excluding hydrogens is 224 g/mol. The molecule has 0 spiro atoms. The molecule has 0 fully saturated rings. The summed E-state index contributed by atoms with van der Waals surface area (Å²) in [4.78, 5) is 10.2. The third-order valence-corrected chi connectivity index (χ3v) is 2.86. The molecule has 0 aromatic heterocycles. The predicted octanol–water partition coefficient (Wildman–Crippen LogP) is 3.84. The van der Waals surface area contributed by atoms with Crippen molar-refractivity contribution in [2.45, 2.75) is 19.8 Å². The summed E-state index contributed by atoms with van der Waals surface area (Å²) in [5, 5.41) is 0. The van der Waals surface area contributed by atoms with Gasteiger partial charge in [0.1, 0.15) is 5.75 Å². The number of hydrogen-bond donors (Lipinski definition) is 0. The zero-order valence-corrected chi connectivity index (χ0v) is 10.4. The lowest BCUT2D eigenvalue weighted by atomic mass is 10.0. The van der Waals surface area contributed by atoms with Crippen molar-refractivity contribution in [3.63, 3.8) is 0 Å². The molecule has 2 heteroatoms. The molecule has 0 bridgehead atoms. The molecule has 0 aliphatic heterocycles. The first-order valence-electron chi connectivity index (χ1n) is 6.13. The van der Waals surface area contributed by atoms with Crippen LogP contribution in [0.2, 0.25) is 0 Å². The smallest absolute Gasteiger partial charge is 0.298 e. The Morgan fingerprint density at radius 2 is 1.50 bits per heavy atom. The van der Waals surface area contributed by atoms with Crippen molar-refractivity contribution in [1.82, 2.24) is 0 Å². The van der Waals surface area contributed by atoms with Crippen LogP contribution >= 0.6 is 0 Å². The van der Waals surface area contributed by atoms with Gasteiger partial charge in [-0.3, -0.25) is 4.79 Å². The molecule has 2 aromatic carbocycles. The summed E-state index contributed by atoms with van der Waals surface area (Å²) in [6, 6.07) is 16.1. The number of ether oxygens (including phenoxy) is 1. The third kappa shape index (κ3) is 2.98. The van der Waals surface area contributed by atoms with Crippen LogP contribution in [0.3, 0.4) is 0 Å². The molecule has 18 heavy (non-hydrogen) atoms. The van der Waals surface area contributed by atoms with Gasteiger partial charge >= 0.3 is 0 Å². The molecule has 0 saturated carbocycles. The van der Waals surface area contributed by atoms with Crippen molar-refractivity contribution in [2.24, 2.45) is 0 Å². The quantitative estimate of drug-likeness (QED) is 0.742. The second-order valence-electron chi connectivity index (χ2n) is 4.19. The number of carbonyl (C=O) groups excluding carboxylic acids is 1. The molecular formula is C16H16O2. The topological polar surface area (TPSA) is 26.3 Å². The first kappa shape index (κ1) is 12.4. The Morgan fingerprint density at radius 3 is 2.00 bits per heavy atom. The molecule has 0 aliphatic carbocycles. The lowest BCUT2D eigenvalue weighted by Gasteiger charge is -2.04. The Hall–Kier alpha value is -2.09. The minimum absolute atomic E-state index is 0.439. The highest BCUT2D eigenvalue weighted by atomic mass is 16.5.